The summed E-state index contributed by atoms with van der Waals surface area (Å²) in [5.74, 6) is -0.711. The van der Waals surface area contributed by atoms with Crippen LogP contribution in [0.3, 0.4) is 0 Å². The summed E-state index contributed by atoms with van der Waals surface area (Å²) in [4.78, 5) is 13.4. The maximum atomic E-state index is 13.5. The molecular weight excluding hydrogens is 233 g/mol. The molecule has 100 valence electrons. The van der Waals surface area contributed by atoms with E-state index < -0.39 is 0 Å². The molecule has 0 N–H and O–H groups in total. The number of ether oxygens (including phenoxy) is 1. The van der Waals surface area contributed by atoms with Crippen molar-refractivity contribution >= 4 is 5.97 Å². The fourth-order valence-corrected chi connectivity index (χ4v) is 1.80. The lowest BCUT2D eigenvalue weighted by Crippen LogP contribution is -2.38. The standard InChI is InChI=1S/C14H20FNO2/c1-10(14(17)18-4)11(2)16(3)9-12-7-5-6-8-13(12)15/h5-8,10-11H,9H2,1-4H3. The lowest BCUT2D eigenvalue weighted by molar-refractivity contribution is -0.146. The average molecular weight is 253 g/mol. The van der Waals surface area contributed by atoms with Gasteiger partial charge in [-0.15, -0.1) is 0 Å². The van der Waals surface area contributed by atoms with Crippen LogP contribution < -0.4 is 0 Å². The Balaban J connectivity index is 2.68. The lowest BCUT2D eigenvalue weighted by Gasteiger charge is -2.28. The van der Waals surface area contributed by atoms with Crippen LogP contribution in [0.25, 0.3) is 0 Å². The van der Waals surface area contributed by atoms with Crippen LogP contribution >= 0.6 is 0 Å². The summed E-state index contributed by atoms with van der Waals surface area (Å²) in [5.41, 5.74) is 0.629. The number of carbonyl (C=O) groups excluding carboxylic acids is 1. The van der Waals surface area contributed by atoms with Crippen LogP contribution in [0.2, 0.25) is 0 Å². The number of carbonyl (C=O) groups is 1. The van der Waals surface area contributed by atoms with Crippen LogP contribution in [0.1, 0.15) is 19.4 Å². The minimum atomic E-state index is -0.247. The number of hydrogen-bond donors (Lipinski definition) is 0. The molecule has 0 heterocycles. The van der Waals surface area contributed by atoms with Gasteiger partial charge in [0.05, 0.1) is 13.0 Å². The zero-order chi connectivity index (χ0) is 13.7. The van der Waals surface area contributed by atoms with Crippen molar-refractivity contribution in [3.05, 3.63) is 35.6 Å². The molecule has 1 aromatic rings. The van der Waals surface area contributed by atoms with E-state index in [0.717, 1.165) is 0 Å². The van der Waals surface area contributed by atoms with Crippen molar-refractivity contribution in [2.45, 2.75) is 26.4 Å². The predicted octanol–water partition coefficient (Wildman–Crippen LogP) is 2.46. The molecule has 2 unspecified atom stereocenters. The predicted molar refractivity (Wildman–Crippen MR) is 68.5 cm³/mol. The number of rotatable bonds is 5. The first-order chi connectivity index (χ1) is 8.47. The molecule has 1 aromatic carbocycles. The maximum Gasteiger partial charge on any atom is 0.309 e. The van der Waals surface area contributed by atoms with Crippen molar-refractivity contribution in [1.29, 1.82) is 0 Å². The highest BCUT2D eigenvalue weighted by Gasteiger charge is 2.24. The maximum absolute atomic E-state index is 13.5. The van der Waals surface area contributed by atoms with E-state index in [2.05, 4.69) is 0 Å². The normalized spacial score (nSPS) is 14.3. The van der Waals surface area contributed by atoms with E-state index in [1.807, 2.05) is 25.8 Å². The van der Waals surface area contributed by atoms with E-state index in [0.29, 0.717) is 12.1 Å². The summed E-state index contributed by atoms with van der Waals surface area (Å²) in [6.07, 6.45) is 0. The van der Waals surface area contributed by atoms with Crippen LogP contribution in [0.15, 0.2) is 24.3 Å². The van der Waals surface area contributed by atoms with Crippen molar-refractivity contribution in [2.24, 2.45) is 5.92 Å². The number of nitrogens with zero attached hydrogens (tertiary/aromatic N) is 1. The van der Waals surface area contributed by atoms with E-state index in [1.165, 1.54) is 13.2 Å². The number of methoxy groups -OCH3 is 1. The van der Waals surface area contributed by atoms with Crippen LogP contribution in [-0.2, 0) is 16.1 Å². The molecule has 0 amide bonds. The largest absolute Gasteiger partial charge is 0.469 e. The van der Waals surface area contributed by atoms with Gasteiger partial charge in [-0.3, -0.25) is 9.69 Å². The molecule has 0 radical (unpaired) electrons. The monoisotopic (exact) mass is 253 g/mol. The first-order valence-electron chi connectivity index (χ1n) is 5.98. The highest BCUT2D eigenvalue weighted by atomic mass is 19.1. The van der Waals surface area contributed by atoms with E-state index in [1.54, 1.807) is 18.2 Å². The molecule has 0 aliphatic rings. The van der Waals surface area contributed by atoms with Gasteiger partial charge in [0.25, 0.3) is 0 Å². The number of hydrogen-bond acceptors (Lipinski definition) is 3. The summed E-state index contributed by atoms with van der Waals surface area (Å²) < 4.78 is 18.2. The van der Waals surface area contributed by atoms with Gasteiger partial charge >= 0.3 is 5.97 Å². The molecule has 0 fully saturated rings. The summed E-state index contributed by atoms with van der Waals surface area (Å²) in [7, 11) is 3.25. The van der Waals surface area contributed by atoms with Gasteiger partial charge in [0.2, 0.25) is 0 Å². The molecule has 0 saturated carbocycles. The minimum Gasteiger partial charge on any atom is -0.469 e. The van der Waals surface area contributed by atoms with Crippen molar-refractivity contribution in [3.8, 4) is 0 Å². The van der Waals surface area contributed by atoms with Crippen LogP contribution in [0, 0.1) is 11.7 Å². The molecule has 0 saturated heterocycles. The third-order valence-electron chi connectivity index (χ3n) is 3.37. The smallest absolute Gasteiger partial charge is 0.309 e. The molecule has 4 heteroatoms. The van der Waals surface area contributed by atoms with Crippen molar-refractivity contribution < 1.29 is 13.9 Å². The molecule has 0 bridgehead atoms. The molecule has 0 aliphatic carbocycles. The Kier molecular flexibility index (Phi) is 5.28. The van der Waals surface area contributed by atoms with Crippen LogP contribution in [-0.4, -0.2) is 31.1 Å². The van der Waals surface area contributed by atoms with Gasteiger partial charge < -0.3 is 4.74 Å². The Morgan fingerprint density at radius 1 is 1.39 bits per heavy atom. The summed E-state index contributed by atoms with van der Waals surface area (Å²) in [6, 6.07) is 6.65. The third kappa shape index (κ3) is 3.53. The zero-order valence-corrected chi connectivity index (χ0v) is 11.3. The molecule has 1 rings (SSSR count). The van der Waals surface area contributed by atoms with Gasteiger partial charge in [0.15, 0.2) is 0 Å². The highest BCUT2D eigenvalue weighted by Crippen LogP contribution is 2.15. The van der Waals surface area contributed by atoms with Crippen molar-refractivity contribution in [2.75, 3.05) is 14.2 Å². The molecule has 0 aromatic heterocycles. The van der Waals surface area contributed by atoms with Crippen molar-refractivity contribution in [1.82, 2.24) is 4.90 Å². The van der Waals surface area contributed by atoms with E-state index in [4.69, 9.17) is 4.74 Å². The van der Waals surface area contributed by atoms with Gasteiger partial charge in [-0.1, -0.05) is 25.1 Å². The Hall–Kier alpha value is -1.42. The number of esters is 1. The first kappa shape index (κ1) is 14.6. The summed E-state index contributed by atoms with van der Waals surface area (Å²) in [5, 5.41) is 0. The fraction of sp³-hybridized carbons (Fsp3) is 0.500. The van der Waals surface area contributed by atoms with Gasteiger partial charge in [0.1, 0.15) is 5.82 Å². The van der Waals surface area contributed by atoms with Gasteiger partial charge in [-0.2, -0.15) is 0 Å². The Morgan fingerprint density at radius 2 is 2.00 bits per heavy atom. The molecule has 2 atom stereocenters. The molecular formula is C14H20FNO2. The lowest BCUT2D eigenvalue weighted by atomic mass is 10.0. The van der Waals surface area contributed by atoms with E-state index in [-0.39, 0.29) is 23.7 Å². The summed E-state index contributed by atoms with van der Waals surface area (Å²) >= 11 is 0. The van der Waals surface area contributed by atoms with Crippen LogP contribution in [0.4, 0.5) is 4.39 Å². The zero-order valence-electron chi connectivity index (χ0n) is 11.3. The Morgan fingerprint density at radius 3 is 2.56 bits per heavy atom. The van der Waals surface area contributed by atoms with Crippen LogP contribution in [0.5, 0.6) is 0 Å². The third-order valence-corrected chi connectivity index (χ3v) is 3.37. The molecule has 0 spiro atoms. The van der Waals surface area contributed by atoms with Gasteiger partial charge in [0, 0.05) is 18.2 Å². The highest BCUT2D eigenvalue weighted by molar-refractivity contribution is 5.72. The SMILES string of the molecule is COC(=O)C(C)C(C)N(C)Cc1ccccc1F. The number of benzene rings is 1. The first-order valence-corrected chi connectivity index (χ1v) is 5.98. The van der Waals surface area contributed by atoms with E-state index >= 15 is 0 Å². The second kappa shape index (κ2) is 6.50. The Labute approximate surface area is 108 Å². The minimum absolute atomic E-state index is 0.0166. The second-order valence-corrected chi connectivity index (χ2v) is 4.56. The van der Waals surface area contributed by atoms with E-state index in [9.17, 15) is 9.18 Å². The van der Waals surface area contributed by atoms with Gasteiger partial charge in [-0.25, -0.2) is 4.39 Å². The van der Waals surface area contributed by atoms with Gasteiger partial charge in [-0.05, 0) is 20.0 Å². The Bertz CT molecular complexity index is 409. The average Bonchev–Trinajstić information content (AvgIpc) is 2.38. The van der Waals surface area contributed by atoms with Crippen molar-refractivity contribution in [3.63, 3.8) is 0 Å². The quantitative estimate of drug-likeness (QED) is 0.755. The molecule has 0 aliphatic heterocycles. The molecule has 3 nitrogen and oxygen atoms in total. The summed E-state index contributed by atoms with van der Waals surface area (Å²) in [6.45, 7) is 4.21. The number of halogens is 1. The molecule has 18 heavy (non-hydrogen) atoms. The second-order valence-electron chi connectivity index (χ2n) is 4.56. The topological polar surface area (TPSA) is 29.5 Å². The fourth-order valence-electron chi connectivity index (χ4n) is 1.80.